The quantitative estimate of drug-likeness (QED) is 0.844. The molecule has 1 aromatic carbocycles. The van der Waals surface area contributed by atoms with Crippen LogP contribution in [0.4, 0.5) is 11.5 Å². The van der Waals surface area contributed by atoms with Gasteiger partial charge < -0.3 is 4.90 Å². The summed E-state index contributed by atoms with van der Waals surface area (Å²) in [6.45, 7) is 3.69. The normalized spacial score (nSPS) is 11.5. The van der Waals surface area contributed by atoms with E-state index in [-0.39, 0.29) is 0 Å². The van der Waals surface area contributed by atoms with E-state index in [0.717, 1.165) is 23.1 Å². The van der Waals surface area contributed by atoms with Crippen molar-refractivity contribution in [2.45, 2.75) is 13.5 Å². The summed E-state index contributed by atoms with van der Waals surface area (Å²) in [5, 5.41) is 0. The number of anilines is 2. The van der Waals surface area contributed by atoms with E-state index in [1.807, 2.05) is 24.3 Å². The van der Waals surface area contributed by atoms with Crippen LogP contribution in [0.3, 0.4) is 0 Å². The van der Waals surface area contributed by atoms with E-state index in [1.54, 1.807) is 12.3 Å². The minimum atomic E-state index is -3.53. The van der Waals surface area contributed by atoms with Gasteiger partial charge in [-0.25, -0.2) is 4.98 Å². The molecule has 2 aromatic rings. The van der Waals surface area contributed by atoms with Crippen molar-refractivity contribution in [2.24, 2.45) is 0 Å². The molecule has 0 aliphatic heterocycles. The lowest BCUT2D eigenvalue weighted by molar-refractivity contribution is 0.526. The maximum atomic E-state index is 11.8. The number of hydrogen-bond acceptors (Lipinski definition) is 4. The number of pyridine rings is 1. The molecule has 1 aromatic heterocycles. The summed E-state index contributed by atoms with van der Waals surface area (Å²) in [6, 6.07) is 13.7. The van der Waals surface area contributed by atoms with Gasteiger partial charge in [0.25, 0.3) is 0 Å². The average molecular weight is 334 g/mol. The van der Waals surface area contributed by atoms with Gasteiger partial charge in [0, 0.05) is 27.2 Å². The third-order valence-electron chi connectivity index (χ3n) is 3.43. The summed E-state index contributed by atoms with van der Waals surface area (Å²) in [6.07, 6.45) is 1.68. The van der Waals surface area contributed by atoms with E-state index < -0.39 is 10.2 Å². The number of rotatable bonds is 7. The molecule has 6 nitrogen and oxygen atoms in total. The highest BCUT2D eigenvalue weighted by atomic mass is 32.2. The Morgan fingerprint density at radius 1 is 1.09 bits per heavy atom. The Labute approximate surface area is 137 Å². The average Bonchev–Trinajstić information content (AvgIpc) is 2.54. The smallest absolute Gasteiger partial charge is 0.302 e. The molecule has 0 spiro atoms. The van der Waals surface area contributed by atoms with Gasteiger partial charge in [-0.05, 0) is 24.6 Å². The van der Waals surface area contributed by atoms with E-state index >= 15 is 0 Å². The highest BCUT2D eigenvalue weighted by Crippen LogP contribution is 2.18. The van der Waals surface area contributed by atoms with Gasteiger partial charge in [0.2, 0.25) is 0 Å². The first-order valence-corrected chi connectivity index (χ1v) is 8.81. The van der Waals surface area contributed by atoms with Crippen LogP contribution in [0.25, 0.3) is 0 Å². The van der Waals surface area contributed by atoms with Crippen molar-refractivity contribution in [3.8, 4) is 0 Å². The molecule has 0 saturated carbocycles. The molecule has 124 valence electrons. The Morgan fingerprint density at radius 3 is 2.30 bits per heavy atom. The monoisotopic (exact) mass is 334 g/mol. The van der Waals surface area contributed by atoms with Gasteiger partial charge in [-0.3, -0.25) is 4.72 Å². The molecule has 7 heteroatoms. The molecule has 0 radical (unpaired) electrons. The molecule has 0 aliphatic carbocycles. The van der Waals surface area contributed by atoms with Crippen molar-refractivity contribution in [1.82, 2.24) is 9.29 Å². The van der Waals surface area contributed by atoms with Crippen LogP contribution >= 0.6 is 0 Å². The fraction of sp³-hybridized carbons (Fsp3) is 0.312. The predicted molar refractivity (Wildman–Crippen MR) is 93.6 cm³/mol. The number of nitrogens with one attached hydrogen (secondary N) is 1. The van der Waals surface area contributed by atoms with Crippen LogP contribution < -0.4 is 9.62 Å². The zero-order valence-electron chi connectivity index (χ0n) is 13.6. The molecule has 0 fully saturated rings. The minimum absolute atomic E-state index is 0.304. The van der Waals surface area contributed by atoms with Gasteiger partial charge in [-0.15, -0.1) is 0 Å². The molecular formula is C16H22N4O2S. The summed E-state index contributed by atoms with van der Waals surface area (Å²) in [7, 11) is -0.596. The molecule has 1 heterocycles. The number of benzene rings is 1. The molecule has 0 atom stereocenters. The Hall–Kier alpha value is -2.12. The Kier molecular flexibility index (Phi) is 5.57. The largest absolute Gasteiger partial charge is 0.366 e. The molecule has 0 bridgehead atoms. The third kappa shape index (κ3) is 4.67. The van der Waals surface area contributed by atoms with Crippen LogP contribution in [0.15, 0.2) is 48.7 Å². The number of nitrogens with zero attached hydrogens (tertiary/aromatic N) is 3. The highest BCUT2D eigenvalue weighted by Gasteiger charge is 2.14. The highest BCUT2D eigenvalue weighted by molar-refractivity contribution is 7.90. The molecular weight excluding hydrogens is 312 g/mol. The van der Waals surface area contributed by atoms with Crippen molar-refractivity contribution in [1.29, 1.82) is 0 Å². The maximum absolute atomic E-state index is 11.8. The third-order valence-corrected chi connectivity index (χ3v) is 4.85. The Bertz CT molecular complexity index is 716. The van der Waals surface area contributed by atoms with E-state index in [4.69, 9.17) is 0 Å². The van der Waals surface area contributed by atoms with Gasteiger partial charge in [0.1, 0.15) is 5.82 Å². The van der Waals surface area contributed by atoms with Crippen LogP contribution in [-0.4, -0.2) is 38.3 Å². The van der Waals surface area contributed by atoms with Gasteiger partial charge in [-0.1, -0.05) is 30.3 Å². The molecule has 2 rings (SSSR count). The van der Waals surface area contributed by atoms with Crippen molar-refractivity contribution in [3.63, 3.8) is 0 Å². The Morgan fingerprint density at radius 2 is 1.78 bits per heavy atom. The van der Waals surface area contributed by atoms with Gasteiger partial charge in [0.15, 0.2) is 0 Å². The fourth-order valence-corrected chi connectivity index (χ4v) is 2.61. The summed E-state index contributed by atoms with van der Waals surface area (Å²) >= 11 is 0. The van der Waals surface area contributed by atoms with E-state index in [1.165, 1.54) is 19.7 Å². The molecule has 0 amide bonds. The molecule has 0 saturated heterocycles. The first-order valence-electron chi connectivity index (χ1n) is 7.37. The molecule has 23 heavy (non-hydrogen) atoms. The molecule has 0 unspecified atom stereocenters. The van der Waals surface area contributed by atoms with Crippen LogP contribution in [0.5, 0.6) is 0 Å². The zero-order chi connectivity index (χ0) is 16.9. The molecule has 0 aliphatic rings. The van der Waals surface area contributed by atoms with E-state index in [0.29, 0.717) is 5.82 Å². The second kappa shape index (κ2) is 7.43. The number of hydrogen-bond donors (Lipinski definition) is 1. The van der Waals surface area contributed by atoms with Gasteiger partial charge in [-0.2, -0.15) is 12.7 Å². The topological polar surface area (TPSA) is 65.5 Å². The summed E-state index contributed by atoms with van der Waals surface area (Å²) in [4.78, 5) is 6.37. The Balaban J connectivity index is 2.11. The van der Waals surface area contributed by atoms with Crippen molar-refractivity contribution in [2.75, 3.05) is 30.3 Å². The van der Waals surface area contributed by atoms with Crippen LogP contribution in [0.2, 0.25) is 0 Å². The zero-order valence-corrected chi connectivity index (χ0v) is 14.4. The SMILES string of the molecule is CCN(Cc1ccccc1)c1ccc(NS(=O)(=O)N(C)C)nc1. The van der Waals surface area contributed by atoms with Crippen molar-refractivity contribution < 1.29 is 8.42 Å². The van der Waals surface area contributed by atoms with Gasteiger partial charge in [0.05, 0.1) is 11.9 Å². The second-order valence-electron chi connectivity index (χ2n) is 5.29. The van der Waals surface area contributed by atoms with E-state index in [9.17, 15) is 8.42 Å². The van der Waals surface area contributed by atoms with E-state index in [2.05, 4.69) is 33.7 Å². The fourth-order valence-electron chi connectivity index (χ4n) is 2.05. The lowest BCUT2D eigenvalue weighted by Gasteiger charge is -2.23. The predicted octanol–water partition coefficient (Wildman–Crippen LogP) is 2.33. The van der Waals surface area contributed by atoms with Gasteiger partial charge >= 0.3 is 10.2 Å². The maximum Gasteiger partial charge on any atom is 0.302 e. The summed E-state index contributed by atoms with van der Waals surface area (Å²) in [5.74, 6) is 0.304. The lowest BCUT2D eigenvalue weighted by atomic mass is 10.2. The summed E-state index contributed by atoms with van der Waals surface area (Å²) in [5.41, 5.74) is 2.16. The van der Waals surface area contributed by atoms with Crippen LogP contribution in [-0.2, 0) is 16.8 Å². The standard InChI is InChI=1S/C16H22N4O2S/c1-4-20(13-14-8-6-5-7-9-14)15-10-11-16(17-12-15)18-23(21,22)19(2)3/h5-12H,4,13H2,1-3H3,(H,17,18). The van der Waals surface area contributed by atoms with Crippen LogP contribution in [0.1, 0.15) is 12.5 Å². The van der Waals surface area contributed by atoms with Crippen molar-refractivity contribution >= 4 is 21.7 Å². The minimum Gasteiger partial charge on any atom is -0.366 e. The van der Waals surface area contributed by atoms with Crippen LogP contribution in [0, 0.1) is 0 Å². The first kappa shape index (κ1) is 17.2. The summed E-state index contributed by atoms with van der Waals surface area (Å²) < 4.78 is 27.1. The number of aromatic nitrogens is 1. The first-order chi connectivity index (χ1) is 10.9. The van der Waals surface area contributed by atoms with Crippen molar-refractivity contribution in [3.05, 3.63) is 54.2 Å². The second-order valence-corrected chi connectivity index (χ2v) is 7.18. The molecule has 1 N–H and O–H groups in total. The lowest BCUT2D eigenvalue weighted by Crippen LogP contribution is -2.29.